The first-order valence-corrected chi connectivity index (χ1v) is 6.97. The molecule has 0 spiro atoms. The Morgan fingerprint density at radius 3 is 2.78 bits per heavy atom. The van der Waals surface area contributed by atoms with Crippen LogP contribution in [0.5, 0.6) is 0 Å². The number of ether oxygens (including phenoxy) is 1. The molecular formula is C15H22ClNO. The number of halogens is 1. The molecule has 2 nitrogen and oxygen atoms in total. The van der Waals surface area contributed by atoms with Crippen molar-refractivity contribution in [1.82, 2.24) is 0 Å². The zero-order valence-electron chi connectivity index (χ0n) is 11.6. The first-order valence-electron chi connectivity index (χ1n) is 6.59. The predicted octanol–water partition coefficient (Wildman–Crippen LogP) is 4.26. The van der Waals surface area contributed by atoms with Crippen LogP contribution in [0.3, 0.4) is 0 Å². The molecule has 0 saturated heterocycles. The minimum Gasteiger partial charge on any atom is -0.380 e. The zero-order chi connectivity index (χ0) is 13.3. The minimum absolute atomic E-state index is 0.156. The number of anilines is 1. The fourth-order valence-electron chi connectivity index (χ4n) is 2.55. The van der Waals surface area contributed by atoms with Crippen LogP contribution in [0.4, 0.5) is 5.69 Å². The summed E-state index contributed by atoms with van der Waals surface area (Å²) in [6.07, 6.45) is 1.40. The van der Waals surface area contributed by atoms with Crippen LogP contribution in [0.1, 0.15) is 32.8 Å². The molecule has 2 atom stereocenters. The van der Waals surface area contributed by atoms with E-state index < -0.39 is 0 Å². The average molecular weight is 268 g/mol. The highest BCUT2D eigenvalue weighted by molar-refractivity contribution is 6.33. The third kappa shape index (κ3) is 2.50. The van der Waals surface area contributed by atoms with Gasteiger partial charge in [-0.2, -0.15) is 0 Å². The summed E-state index contributed by atoms with van der Waals surface area (Å²) in [6, 6.07) is 6.51. The van der Waals surface area contributed by atoms with Gasteiger partial charge in [-0.3, -0.25) is 0 Å². The van der Waals surface area contributed by atoms with E-state index in [9.17, 15) is 0 Å². The van der Waals surface area contributed by atoms with E-state index in [4.69, 9.17) is 16.3 Å². The highest BCUT2D eigenvalue weighted by atomic mass is 35.5. The lowest BCUT2D eigenvalue weighted by Crippen LogP contribution is -2.58. The van der Waals surface area contributed by atoms with Crippen LogP contribution in [-0.2, 0) is 4.74 Å². The van der Waals surface area contributed by atoms with Gasteiger partial charge in [-0.05, 0) is 38.0 Å². The number of hydrogen-bond acceptors (Lipinski definition) is 2. The van der Waals surface area contributed by atoms with E-state index in [1.165, 1.54) is 5.56 Å². The number of rotatable bonds is 4. The molecule has 1 aromatic rings. The first-order chi connectivity index (χ1) is 8.45. The van der Waals surface area contributed by atoms with Gasteiger partial charge in [0.2, 0.25) is 0 Å². The van der Waals surface area contributed by atoms with Crippen molar-refractivity contribution in [2.45, 2.75) is 46.3 Å². The fourth-order valence-corrected chi connectivity index (χ4v) is 2.72. The normalized spacial score (nSPS) is 25.6. The SMILES string of the molecule is CCOC1CC(Nc2cc(C)ccc2Cl)C1(C)C. The van der Waals surface area contributed by atoms with Crippen molar-refractivity contribution in [3.63, 3.8) is 0 Å². The molecule has 1 aliphatic carbocycles. The third-order valence-electron chi connectivity index (χ3n) is 4.00. The lowest BCUT2D eigenvalue weighted by Gasteiger charge is -2.52. The molecule has 0 amide bonds. The van der Waals surface area contributed by atoms with Crippen LogP contribution in [0.2, 0.25) is 5.02 Å². The second-order valence-electron chi connectivity index (χ2n) is 5.68. The van der Waals surface area contributed by atoms with E-state index in [2.05, 4.69) is 32.2 Å². The van der Waals surface area contributed by atoms with Crippen LogP contribution in [0.15, 0.2) is 18.2 Å². The number of aryl methyl sites for hydroxylation is 1. The van der Waals surface area contributed by atoms with Gasteiger partial charge in [0.05, 0.1) is 16.8 Å². The summed E-state index contributed by atoms with van der Waals surface area (Å²) in [4.78, 5) is 0. The Morgan fingerprint density at radius 2 is 2.17 bits per heavy atom. The van der Waals surface area contributed by atoms with Crippen LogP contribution in [0, 0.1) is 12.3 Å². The standard InChI is InChI=1S/C15H22ClNO/c1-5-18-14-9-13(15(14,3)4)17-12-8-10(2)6-7-11(12)16/h6-8,13-14,17H,5,9H2,1-4H3. The molecule has 2 unspecified atom stereocenters. The van der Waals surface area contributed by atoms with Crippen LogP contribution < -0.4 is 5.32 Å². The molecule has 2 rings (SSSR count). The molecule has 0 aromatic heterocycles. The van der Waals surface area contributed by atoms with E-state index in [0.29, 0.717) is 12.1 Å². The predicted molar refractivity (Wildman–Crippen MR) is 77.4 cm³/mol. The van der Waals surface area contributed by atoms with Crippen molar-refractivity contribution >= 4 is 17.3 Å². The molecule has 0 aliphatic heterocycles. The molecule has 1 saturated carbocycles. The molecule has 3 heteroatoms. The Hall–Kier alpha value is -0.730. The molecule has 18 heavy (non-hydrogen) atoms. The number of hydrogen-bond donors (Lipinski definition) is 1. The summed E-state index contributed by atoms with van der Waals surface area (Å²) in [5.41, 5.74) is 2.41. The second-order valence-corrected chi connectivity index (χ2v) is 6.09. The minimum atomic E-state index is 0.156. The molecule has 1 aliphatic rings. The summed E-state index contributed by atoms with van der Waals surface area (Å²) in [6.45, 7) is 9.41. The van der Waals surface area contributed by atoms with E-state index in [1.807, 2.05) is 19.1 Å². The van der Waals surface area contributed by atoms with Crippen molar-refractivity contribution in [2.75, 3.05) is 11.9 Å². The summed E-state index contributed by atoms with van der Waals surface area (Å²) in [5.74, 6) is 0. The van der Waals surface area contributed by atoms with Crippen molar-refractivity contribution in [1.29, 1.82) is 0 Å². The maximum atomic E-state index is 6.22. The van der Waals surface area contributed by atoms with Crippen molar-refractivity contribution in [2.24, 2.45) is 5.41 Å². The molecule has 100 valence electrons. The van der Waals surface area contributed by atoms with Gasteiger partial charge in [-0.1, -0.05) is 31.5 Å². The maximum absolute atomic E-state index is 6.22. The molecule has 1 N–H and O–H groups in total. The number of benzene rings is 1. The summed E-state index contributed by atoms with van der Waals surface area (Å²) >= 11 is 6.22. The van der Waals surface area contributed by atoms with Gasteiger partial charge in [-0.15, -0.1) is 0 Å². The molecule has 0 bridgehead atoms. The molecule has 1 aromatic carbocycles. The fraction of sp³-hybridized carbons (Fsp3) is 0.600. The lowest BCUT2D eigenvalue weighted by atomic mass is 9.64. The largest absolute Gasteiger partial charge is 0.380 e. The summed E-state index contributed by atoms with van der Waals surface area (Å²) < 4.78 is 5.74. The van der Waals surface area contributed by atoms with Gasteiger partial charge in [0.1, 0.15) is 0 Å². The Bertz CT molecular complexity index is 431. The highest BCUT2D eigenvalue weighted by Crippen LogP contribution is 2.45. The molecule has 0 heterocycles. The molecule has 1 fully saturated rings. The van der Waals surface area contributed by atoms with Crippen molar-refractivity contribution in [3.05, 3.63) is 28.8 Å². The summed E-state index contributed by atoms with van der Waals surface area (Å²) in [7, 11) is 0. The highest BCUT2D eigenvalue weighted by Gasteiger charge is 2.48. The topological polar surface area (TPSA) is 21.3 Å². The monoisotopic (exact) mass is 267 g/mol. The quantitative estimate of drug-likeness (QED) is 0.880. The van der Waals surface area contributed by atoms with E-state index in [-0.39, 0.29) is 5.41 Å². The van der Waals surface area contributed by atoms with E-state index in [0.717, 1.165) is 23.7 Å². The molecule has 0 radical (unpaired) electrons. The Kier molecular flexibility index (Phi) is 3.88. The van der Waals surface area contributed by atoms with Crippen molar-refractivity contribution in [3.8, 4) is 0 Å². The van der Waals surface area contributed by atoms with Gasteiger partial charge in [-0.25, -0.2) is 0 Å². The average Bonchev–Trinajstić information content (AvgIpc) is 2.32. The molecular weight excluding hydrogens is 246 g/mol. The lowest BCUT2D eigenvalue weighted by molar-refractivity contribution is -0.0975. The van der Waals surface area contributed by atoms with Gasteiger partial charge in [0, 0.05) is 18.1 Å². The maximum Gasteiger partial charge on any atom is 0.0665 e. The Balaban J connectivity index is 2.05. The van der Waals surface area contributed by atoms with Crippen LogP contribution >= 0.6 is 11.6 Å². The van der Waals surface area contributed by atoms with E-state index in [1.54, 1.807) is 0 Å². The van der Waals surface area contributed by atoms with Gasteiger partial charge < -0.3 is 10.1 Å². The second kappa shape index (κ2) is 5.10. The number of nitrogens with one attached hydrogen (secondary N) is 1. The van der Waals surface area contributed by atoms with E-state index >= 15 is 0 Å². The van der Waals surface area contributed by atoms with Crippen LogP contribution in [0.25, 0.3) is 0 Å². The van der Waals surface area contributed by atoms with Gasteiger partial charge in [0.15, 0.2) is 0 Å². The third-order valence-corrected chi connectivity index (χ3v) is 4.33. The van der Waals surface area contributed by atoms with Gasteiger partial charge >= 0.3 is 0 Å². The first kappa shape index (κ1) is 13.7. The van der Waals surface area contributed by atoms with Crippen LogP contribution in [-0.4, -0.2) is 18.8 Å². The Morgan fingerprint density at radius 1 is 1.44 bits per heavy atom. The Labute approximate surface area is 115 Å². The van der Waals surface area contributed by atoms with Crippen molar-refractivity contribution < 1.29 is 4.74 Å². The smallest absolute Gasteiger partial charge is 0.0665 e. The van der Waals surface area contributed by atoms with Gasteiger partial charge in [0.25, 0.3) is 0 Å². The summed E-state index contributed by atoms with van der Waals surface area (Å²) in [5, 5.41) is 4.34. The zero-order valence-corrected chi connectivity index (χ0v) is 12.3.